The Morgan fingerprint density at radius 3 is 2.42 bits per heavy atom. The highest BCUT2D eigenvalue weighted by atomic mass is 32.2. The van der Waals surface area contributed by atoms with Crippen LogP contribution in [0.2, 0.25) is 0 Å². The van der Waals surface area contributed by atoms with Crippen LogP contribution >= 0.6 is 11.3 Å². The lowest BCUT2D eigenvalue weighted by atomic mass is 9.65. The quantitative estimate of drug-likeness (QED) is 0.153. The molecule has 0 radical (unpaired) electrons. The van der Waals surface area contributed by atoms with E-state index in [4.69, 9.17) is 10.7 Å². The summed E-state index contributed by atoms with van der Waals surface area (Å²) < 4.78 is 43.6. The molecule has 59 heavy (non-hydrogen) atoms. The number of anilines is 3. The lowest BCUT2D eigenvalue weighted by molar-refractivity contribution is -0.139. The summed E-state index contributed by atoms with van der Waals surface area (Å²) in [5, 5.41) is 3.30. The van der Waals surface area contributed by atoms with Gasteiger partial charge in [0, 0.05) is 62.4 Å². The molecule has 1 atom stereocenters. The number of nitrogens with one attached hydrogen (secondary N) is 2. The minimum absolute atomic E-state index is 0.0145. The van der Waals surface area contributed by atoms with Gasteiger partial charge in [-0.1, -0.05) is 19.1 Å². The van der Waals surface area contributed by atoms with E-state index in [9.17, 15) is 22.8 Å². The molecule has 3 saturated heterocycles. The molecule has 4 aromatic rings. The van der Waals surface area contributed by atoms with Crippen LogP contribution in [-0.2, 0) is 24.4 Å². The average molecular weight is 844 g/mol. The number of halogens is 1. The van der Waals surface area contributed by atoms with E-state index < -0.39 is 15.8 Å². The van der Waals surface area contributed by atoms with Gasteiger partial charge >= 0.3 is 0 Å². The number of nitrogens with two attached hydrogens (primary N) is 1. The van der Waals surface area contributed by atoms with Crippen LogP contribution in [-0.4, -0.2) is 82.9 Å². The van der Waals surface area contributed by atoms with Crippen LogP contribution in [0.5, 0.6) is 0 Å². The standard InChI is InChI=1S/C42H50FN9O5S2/c1-2-24-59(56,57)50-31-5-3-4-30(35(31)43)36-37(32-12-19-45-41(44)47-32)58-39(49-36)26-10-15-42(16-11-26)17-22-52(23-18-42)40(55)27-13-20-51(21-14-27)33-8-6-28(25-46-33)29-7-9-34(53)48-38(29)54/h3-6,8,12,19,25-27,29,50H,2,7,9-11,13-18,20-24H2,1H3,(H2,44,45,47)(H,48,53,54)/t29-/m1/s1. The molecular weight excluding hydrogens is 794 g/mol. The number of nitrogen functional groups attached to an aromatic ring is 1. The lowest BCUT2D eigenvalue weighted by Gasteiger charge is -2.46. The molecule has 14 nitrogen and oxygen atoms in total. The van der Waals surface area contributed by atoms with Gasteiger partial charge in [-0.05, 0) is 99.5 Å². The predicted molar refractivity (Wildman–Crippen MR) is 224 cm³/mol. The third-order valence-corrected chi connectivity index (χ3v) is 15.4. The molecular formula is C42H50FN9O5S2. The van der Waals surface area contributed by atoms with Gasteiger partial charge in [-0.3, -0.25) is 24.4 Å². The molecule has 0 unspecified atom stereocenters. The molecule has 8 rings (SSSR count). The number of pyridine rings is 1. The van der Waals surface area contributed by atoms with E-state index in [2.05, 4.69) is 34.8 Å². The number of nitrogens with zero attached hydrogens (tertiary/aromatic N) is 6. The summed E-state index contributed by atoms with van der Waals surface area (Å²) in [4.78, 5) is 60.7. The molecule has 3 aliphatic heterocycles. The summed E-state index contributed by atoms with van der Waals surface area (Å²) in [5.41, 5.74) is 7.92. The van der Waals surface area contributed by atoms with Crippen LogP contribution in [0.3, 0.4) is 0 Å². The minimum Gasteiger partial charge on any atom is -0.368 e. The Kier molecular flexibility index (Phi) is 11.7. The van der Waals surface area contributed by atoms with E-state index in [0.717, 1.165) is 93.9 Å². The molecule has 6 heterocycles. The molecule has 4 fully saturated rings. The van der Waals surface area contributed by atoms with Gasteiger partial charge in [-0.25, -0.2) is 32.7 Å². The van der Waals surface area contributed by atoms with Gasteiger partial charge in [0.2, 0.25) is 33.7 Å². The average Bonchev–Trinajstić information content (AvgIpc) is 3.67. The summed E-state index contributed by atoms with van der Waals surface area (Å²) in [6, 6.07) is 10.2. The van der Waals surface area contributed by atoms with Gasteiger partial charge in [0.05, 0.1) is 38.6 Å². The highest BCUT2D eigenvalue weighted by molar-refractivity contribution is 7.92. The number of hydrogen-bond acceptors (Lipinski definition) is 12. The number of carbonyl (C=O) groups excluding carboxylic acids is 3. The molecule has 1 spiro atoms. The zero-order valence-electron chi connectivity index (χ0n) is 33.2. The smallest absolute Gasteiger partial charge is 0.234 e. The van der Waals surface area contributed by atoms with Crippen LogP contribution in [0.25, 0.3) is 21.8 Å². The molecule has 17 heteroatoms. The first kappa shape index (κ1) is 40.7. The summed E-state index contributed by atoms with van der Waals surface area (Å²) in [6.07, 6.45) is 11.8. The van der Waals surface area contributed by atoms with Crippen molar-refractivity contribution in [2.24, 2.45) is 11.3 Å². The van der Waals surface area contributed by atoms with Crippen molar-refractivity contribution in [3.05, 3.63) is 65.2 Å². The van der Waals surface area contributed by atoms with Crippen LogP contribution in [0, 0.1) is 17.2 Å². The second-order valence-electron chi connectivity index (χ2n) is 16.4. The molecule has 0 bridgehead atoms. The zero-order chi connectivity index (χ0) is 41.3. The first-order chi connectivity index (χ1) is 28.4. The number of rotatable bonds is 10. The van der Waals surface area contributed by atoms with Gasteiger partial charge in [0.1, 0.15) is 5.82 Å². The Morgan fingerprint density at radius 2 is 1.75 bits per heavy atom. The largest absolute Gasteiger partial charge is 0.368 e. The maximum absolute atomic E-state index is 16.1. The number of piperidine rings is 3. The molecule has 1 aliphatic carbocycles. The summed E-state index contributed by atoms with van der Waals surface area (Å²) >= 11 is 1.47. The molecule has 4 aliphatic rings. The Balaban J connectivity index is 0.877. The van der Waals surface area contributed by atoms with Crippen molar-refractivity contribution in [1.29, 1.82) is 0 Å². The number of benzene rings is 1. The maximum Gasteiger partial charge on any atom is 0.234 e. The van der Waals surface area contributed by atoms with Crippen molar-refractivity contribution in [2.75, 3.05) is 47.3 Å². The minimum atomic E-state index is -3.72. The number of aromatic nitrogens is 4. The second-order valence-corrected chi connectivity index (χ2v) is 19.3. The van der Waals surface area contributed by atoms with Gasteiger partial charge in [0.25, 0.3) is 0 Å². The van der Waals surface area contributed by atoms with Crippen molar-refractivity contribution in [2.45, 2.75) is 89.4 Å². The highest BCUT2D eigenvalue weighted by Gasteiger charge is 2.41. The van der Waals surface area contributed by atoms with Gasteiger partial charge in [0.15, 0.2) is 5.82 Å². The fourth-order valence-corrected chi connectivity index (χ4v) is 11.6. The Hall–Kier alpha value is -5.03. The van der Waals surface area contributed by atoms with Crippen LogP contribution in [0.1, 0.15) is 100.0 Å². The third kappa shape index (κ3) is 8.81. The molecule has 312 valence electrons. The van der Waals surface area contributed by atoms with Crippen molar-refractivity contribution in [3.8, 4) is 21.8 Å². The van der Waals surface area contributed by atoms with E-state index in [1.54, 1.807) is 37.5 Å². The van der Waals surface area contributed by atoms with Gasteiger partial charge < -0.3 is 15.5 Å². The second kappa shape index (κ2) is 16.9. The van der Waals surface area contributed by atoms with Crippen LogP contribution < -0.4 is 20.7 Å². The van der Waals surface area contributed by atoms with E-state index in [1.165, 1.54) is 17.4 Å². The molecule has 1 saturated carbocycles. The van der Waals surface area contributed by atoms with E-state index in [0.29, 0.717) is 35.5 Å². The summed E-state index contributed by atoms with van der Waals surface area (Å²) in [6.45, 7) is 4.74. The van der Waals surface area contributed by atoms with E-state index in [1.807, 2.05) is 12.1 Å². The monoisotopic (exact) mass is 843 g/mol. The van der Waals surface area contributed by atoms with Crippen molar-refractivity contribution >= 4 is 56.5 Å². The fraction of sp³-hybridized carbons (Fsp3) is 0.500. The van der Waals surface area contributed by atoms with E-state index >= 15 is 4.39 Å². The maximum atomic E-state index is 16.1. The van der Waals surface area contributed by atoms with Crippen LogP contribution in [0.4, 0.5) is 21.8 Å². The third-order valence-electron chi connectivity index (χ3n) is 12.7. The normalized spacial score (nSPS) is 20.5. The first-order valence-electron chi connectivity index (χ1n) is 20.6. The number of imide groups is 1. The number of hydrogen-bond donors (Lipinski definition) is 3. The molecule has 3 aromatic heterocycles. The number of amides is 3. The van der Waals surface area contributed by atoms with Gasteiger partial charge in [-0.2, -0.15) is 0 Å². The fourth-order valence-electron chi connectivity index (χ4n) is 9.24. The first-order valence-corrected chi connectivity index (χ1v) is 23.1. The Labute approximate surface area is 347 Å². The highest BCUT2D eigenvalue weighted by Crippen LogP contribution is 2.51. The number of sulfonamides is 1. The SMILES string of the molecule is CCCS(=O)(=O)Nc1cccc(-c2nc(C3CCC4(CC3)CCN(C(=O)C3CCN(c5ccc([C@H]6CCC(=O)NC6=O)cn5)CC3)CC4)sc2-c2ccnc(N)n2)c1F. The summed E-state index contributed by atoms with van der Waals surface area (Å²) in [5.74, 6) is -0.356. The number of carbonyl (C=O) groups is 3. The lowest BCUT2D eigenvalue weighted by Crippen LogP contribution is -2.48. The Bertz CT molecular complexity index is 2310. The van der Waals surface area contributed by atoms with E-state index in [-0.39, 0.29) is 63.8 Å². The van der Waals surface area contributed by atoms with Crippen molar-refractivity contribution < 1.29 is 27.2 Å². The van der Waals surface area contributed by atoms with Crippen LogP contribution in [0.15, 0.2) is 48.8 Å². The molecule has 1 aromatic carbocycles. The predicted octanol–water partition coefficient (Wildman–Crippen LogP) is 6.24. The number of likely N-dealkylation sites (tertiary alicyclic amines) is 1. The summed E-state index contributed by atoms with van der Waals surface area (Å²) in [7, 11) is -3.72. The molecule has 3 amide bonds. The van der Waals surface area contributed by atoms with Gasteiger partial charge in [-0.15, -0.1) is 11.3 Å². The Morgan fingerprint density at radius 1 is 0.983 bits per heavy atom. The zero-order valence-corrected chi connectivity index (χ0v) is 34.8. The van der Waals surface area contributed by atoms with Crippen molar-refractivity contribution in [3.63, 3.8) is 0 Å². The molecule has 4 N–H and O–H groups in total. The number of thiazole rings is 1. The topological polar surface area (TPSA) is 193 Å². The van der Waals surface area contributed by atoms with Crippen molar-refractivity contribution in [1.82, 2.24) is 30.2 Å².